The molecule has 1 aliphatic carbocycles. The molecule has 0 unspecified atom stereocenters. The van der Waals surface area contributed by atoms with Gasteiger partial charge in [0.25, 0.3) is 0 Å². The molecule has 1 aromatic rings. The number of hydrogen-bond acceptors (Lipinski definition) is 8. The van der Waals surface area contributed by atoms with E-state index < -0.39 is 0 Å². The van der Waals surface area contributed by atoms with E-state index in [9.17, 15) is 0 Å². The van der Waals surface area contributed by atoms with E-state index in [2.05, 4.69) is 26.4 Å². The molecule has 0 spiro atoms. The number of nitrogen functional groups attached to an aromatic ring is 1. The van der Waals surface area contributed by atoms with Crippen LogP contribution < -0.4 is 20.9 Å². The Morgan fingerprint density at radius 2 is 2.25 bits per heavy atom. The standard InChI is InChI=1S/C12H19N7O/c1-2-8-20-12-16-10(18-14)15-11(17-12)19(7-3-6-13)9-4-5-9/h9H,2-5,7-8,14H2,1H3,(H,15,16,17,18). The van der Waals surface area contributed by atoms with Crippen LogP contribution in [0.2, 0.25) is 0 Å². The van der Waals surface area contributed by atoms with Gasteiger partial charge in [-0.15, -0.1) is 0 Å². The number of nitriles is 1. The fourth-order valence-electron chi connectivity index (χ4n) is 1.80. The molecular formula is C12H19N7O. The minimum Gasteiger partial charge on any atom is -0.463 e. The summed E-state index contributed by atoms with van der Waals surface area (Å²) >= 11 is 0. The van der Waals surface area contributed by atoms with E-state index in [1.54, 1.807) is 0 Å². The summed E-state index contributed by atoms with van der Waals surface area (Å²) in [5.41, 5.74) is 2.42. The molecule has 0 atom stereocenters. The number of nitrogens with one attached hydrogen (secondary N) is 1. The van der Waals surface area contributed by atoms with Crippen molar-refractivity contribution in [2.75, 3.05) is 23.5 Å². The zero-order chi connectivity index (χ0) is 14.4. The number of hydrogen-bond donors (Lipinski definition) is 2. The van der Waals surface area contributed by atoms with Crippen molar-refractivity contribution in [2.45, 2.75) is 38.6 Å². The quantitative estimate of drug-likeness (QED) is 0.530. The molecule has 108 valence electrons. The van der Waals surface area contributed by atoms with Gasteiger partial charge >= 0.3 is 6.01 Å². The fourth-order valence-corrected chi connectivity index (χ4v) is 1.80. The zero-order valence-electron chi connectivity index (χ0n) is 11.5. The van der Waals surface area contributed by atoms with Gasteiger partial charge in [-0.25, -0.2) is 5.84 Å². The number of anilines is 2. The number of nitrogens with zero attached hydrogens (tertiary/aromatic N) is 5. The summed E-state index contributed by atoms with van der Waals surface area (Å²) in [6.45, 7) is 3.14. The van der Waals surface area contributed by atoms with Gasteiger partial charge in [-0.2, -0.15) is 20.2 Å². The fraction of sp³-hybridized carbons (Fsp3) is 0.667. The van der Waals surface area contributed by atoms with Crippen molar-refractivity contribution in [2.24, 2.45) is 5.84 Å². The number of nitrogens with two attached hydrogens (primary N) is 1. The van der Waals surface area contributed by atoms with Crippen LogP contribution in [0.1, 0.15) is 32.6 Å². The van der Waals surface area contributed by atoms with Crippen molar-refractivity contribution >= 4 is 11.9 Å². The lowest BCUT2D eigenvalue weighted by molar-refractivity contribution is 0.291. The van der Waals surface area contributed by atoms with Crippen LogP contribution in [0.15, 0.2) is 0 Å². The highest BCUT2D eigenvalue weighted by atomic mass is 16.5. The van der Waals surface area contributed by atoms with Gasteiger partial charge in [0.2, 0.25) is 11.9 Å². The van der Waals surface area contributed by atoms with E-state index >= 15 is 0 Å². The molecular weight excluding hydrogens is 258 g/mol. The summed E-state index contributed by atoms with van der Waals surface area (Å²) in [6, 6.07) is 2.80. The lowest BCUT2D eigenvalue weighted by atomic mass is 10.4. The van der Waals surface area contributed by atoms with Crippen molar-refractivity contribution in [1.82, 2.24) is 15.0 Å². The van der Waals surface area contributed by atoms with E-state index in [1.165, 1.54) is 0 Å². The van der Waals surface area contributed by atoms with Crippen LogP contribution in [0.4, 0.5) is 11.9 Å². The summed E-state index contributed by atoms with van der Waals surface area (Å²) in [7, 11) is 0. The minimum atomic E-state index is 0.257. The van der Waals surface area contributed by atoms with Crippen LogP contribution in [0, 0.1) is 11.3 Å². The topological polar surface area (TPSA) is 113 Å². The average molecular weight is 277 g/mol. The molecule has 1 fully saturated rings. The predicted octanol–water partition coefficient (Wildman–Crippen LogP) is 0.828. The first kappa shape index (κ1) is 14.3. The number of ether oxygens (including phenoxy) is 1. The van der Waals surface area contributed by atoms with Crippen LogP contribution in [0.3, 0.4) is 0 Å². The normalized spacial score (nSPS) is 13.7. The molecule has 1 aliphatic rings. The van der Waals surface area contributed by atoms with Gasteiger partial charge < -0.3 is 9.64 Å². The Bertz CT molecular complexity index is 483. The van der Waals surface area contributed by atoms with Gasteiger partial charge in [0.05, 0.1) is 19.1 Å². The molecule has 2 rings (SSSR count). The second-order valence-electron chi connectivity index (χ2n) is 4.57. The first-order valence-corrected chi connectivity index (χ1v) is 6.77. The van der Waals surface area contributed by atoms with Crippen molar-refractivity contribution in [3.05, 3.63) is 0 Å². The average Bonchev–Trinajstić information content (AvgIpc) is 3.30. The molecule has 0 saturated heterocycles. The second-order valence-corrected chi connectivity index (χ2v) is 4.57. The first-order chi connectivity index (χ1) is 9.78. The van der Waals surface area contributed by atoms with Crippen molar-refractivity contribution < 1.29 is 4.74 Å². The Morgan fingerprint density at radius 1 is 1.45 bits per heavy atom. The third-order valence-corrected chi connectivity index (χ3v) is 2.88. The van der Waals surface area contributed by atoms with Crippen LogP contribution in [0.5, 0.6) is 6.01 Å². The first-order valence-electron chi connectivity index (χ1n) is 6.77. The highest BCUT2D eigenvalue weighted by Crippen LogP contribution is 2.30. The van der Waals surface area contributed by atoms with Gasteiger partial charge in [-0.05, 0) is 19.3 Å². The van der Waals surface area contributed by atoms with Crippen LogP contribution in [-0.2, 0) is 0 Å². The highest BCUT2D eigenvalue weighted by molar-refractivity contribution is 5.40. The van der Waals surface area contributed by atoms with Crippen molar-refractivity contribution in [3.63, 3.8) is 0 Å². The highest BCUT2D eigenvalue weighted by Gasteiger charge is 2.31. The Labute approximate surface area is 117 Å². The van der Waals surface area contributed by atoms with Gasteiger partial charge in [0.15, 0.2) is 0 Å². The summed E-state index contributed by atoms with van der Waals surface area (Å²) < 4.78 is 5.44. The van der Waals surface area contributed by atoms with Gasteiger partial charge in [0, 0.05) is 12.6 Å². The molecule has 0 aliphatic heterocycles. The second kappa shape index (κ2) is 6.86. The number of hydrazine groups is 1. The maximum Gasteiger partial charge on any atom is 0.323 e. The van der Waals surface area contributed by atoms with Crippen LogP contribution >= 0.6 is 0 Å². The Balaban J connectivity index is 2.20. The maximum atomic E-state index is 8.75. The molecule has 8 heteroatoms. The Kier molecular flexibility index (Phi) is 4.90. The molecule has 0 amide bonds. The number of aromatic nitrogens is 3. The summed E-state index contributed by atoms with van der Waals surface area (Å²) in [6.07, 6.45) is 3.48. The minimum absolute atomic E-state index is 0.257. The maximum absolute atomic E-state index is 8.75. The van der Waals surface area contributed by atoms with E-state index in [0.717, 1.165) is 19.3 Å². The van der Waals surface area contributed by atoms with E-state index in [4.69, 9.17) is 15.8 Å². The smallest absolute Gasteiger partial charge is 0.323 e. The molecule has 8 nitrogen and oxygen atoms in total. The van der Waals surface area contributed by atoms with Crippen molar-refractivity contribution in [3.8, 4) is 12.1 Å². The molecule has 20 heavy (non-hydrogen) atoms. The Morgan fingerprint density at radius 3 is 2.85 bits per heavy atom. The third kappa shape index (κ3) is 3.68. The zero-order valence-corrected chi connectivity index (χ0v) is 11.5. The molecule has 1 saturated carbocycles. The largest absolute Gasteiger partial charge is 0.463 e. The Hall–Kier alpha value is -2.14. The monoisotopic (exact) mass is 277 g/mol. The van der Waals surface area contributed by atoms with E-state index in [0.29, 0.717) is 31.6 Å². The summed E-state index contributed by atoms with van der Waals surface area (Å²) in [5.74, 6) is 6.16. The van der Waals surface area contributed by atoms with Crippen molar-refractivity contribution in [1.29, 1.82) is 5.26 Å². The SMILES string of the molecule is CCCOc1nc(NN)nc(N(CCC#N)C2CC2)n1. The molecule has 3 N–H and O–H groups in total. The molecule has 0 radical (unpaired) electrons. The van der Waals surface area contributed by atoms with Gasteiger partial charge in [-0.3, -0.25) is 5.43 Å². The predicted molar refractivity (Wildman–Crippen MR) is 74.0 cm³/mol. The third-order valence-electron chi connectivity index (χ3n) is 2.88. The summed E-state index contributed by atoms with van der Waals surface area (Å²) in [4.78, 5) is 14.6. The molecule has 0 aromatic carbocycles. The van der Waals surface area contributed by atoms with Crippen LogP contribution in [0.25, 0.3) is 0 Å². The lowest BCUT2D eigenvalue weighted by Crippen LogP contribution is -2.29. The summed E-state index contributed by atoms with van der Waals surface area (Å²) in [5, 5.41) is 8.75. The van der Waals surface area contributed by atoms with Crippen LogP contribution in [-0.4, -0.2) is 34.1 Å². The van der Waals surface area contributed by atoms with E-state index in [-0.39, 0.29) is 12.0 Å². The number of rotatable bonds is 8. The molecule has 1 heterocycles. The lowest BCUT2D eigenvalue weighted by Gasteiger charge is -2.21. The van der Waals surface area contributed by atoms with Gasteiger partial charge in [-0.1, -0.05) is 6.92 Å². The molecule has 0 bridgehead atoms. The van der Waals surface area contributed by atoms with E-state index in [1.807, 2.05) is 11.8 Å². The molecule has 1 aromatic heterocycles. The van der Waals surface area contributed by atoms with Gasteiger partial charge in [0.1, 0.15) is 0 Å².